The van der Waals surface area contributed by atoms with E-state index in [9.17, 15) is 9.59 Å². The first-order valence-electron chi connectivity index (χ1n) is 10.1. The molecule has 2 atom stereocenters. The maximum absolute atomic E-state index is 13.7. The number of halogens is 1. The largest absolute Gasteiger partial charge is 0.497 e. The van der Waals surface area contributed by atoms with Crippen LogP contribution in [0.5, 0.6) is 11.5 Å². The molecule has 3 aromatic rings. The van der Waals surface area contributed by atoms with E-state index >= 15 is 0 Å². The maximum atomic E-state index is 13.7. The zero-order chi connectivity index (χ0) is 22.8. The van der Waals surface area contributed by atoms with Crippen LogP contribution in [-0.2, 0) is 4.79 Å². The number of methoxy groups -OCH3 is 2. The number of likely N-dealkylation sites (N-methyl/N-ethyl adjacent to an activating group) is 1. The van der Waals surface area contributed by atoms with Crippen LogP contribution < -0.4 is 14.8 Å². The van der Waals surface area contributed by atoms with Crippen molar-refractivity contribution in [1.29, 1.82) is 0 Å². The molecule has 1 aliphatic rings. The second-order valence-electron chi connectivity index (χ2n) is 7.53. The lowest BCUT2D eigenvalue weighted by molar-refractivity contribution is -0.119. The third-order valence-electron chi connectivity index (χ3n) is 5.74. The number of fused-ring (bicyclic) bond motifs is 1. The van der Waals surface area contributed by atoms with Crippen molar-refractivity contribution in [1.82, 2.24) is 4.90 Å². The minimum absolute atomic E-state index is 0.134. The molecule has 4 rings (SSSR count). The Labute approximate surface area is 191 Å². The van der Waals surface area contributed by atoms with Crippen molar-refractivity contribution in [2.24, 2.45) is 0 Å². The lowest BCUT2D eigenvalue weighted by Gasteiger charge is -2.39. The molecule has 2 unspecified atom stereocenters. The molecule has 1 heterocycles. The van der Waals surface area contributed by atoms with E-state index in [1.54, 1.807) is 49.4 Å². The second-order valence-corrected chi connectivity index (χ2v) is 7.97. The SMILES string of the molecule is COc1ccc(C2C(C(=O)Nc3cc(Cl)ccc3OC)c3ccccc3C(=O)N2C)cc1. The molecule has 0 bridgehead atoms. The van der Waals surface area contributed by atoms with Crippen LogP contribution >= 0.6 is 11.6 Å². The maximum Gasteiger partial charge on any atom is 0.254 e. The normalized spacial score (nSPS) is 17.5. The lowest BCUT2D eigenvalue weighted by Crippen LogP contribution is -2.44. The molecule has 6 nitrogen and oxygen atoms in total. The third kappa shape index (κ3) is 3.89. The van der Waals surface area contributed by atoms with Gasteiger partial charge in [0.1, 0.15) is 11.5 Å². The number of rotatable bonds is 5. The molecule has 1 aliphatic heterocycles. The number of ether oxygens (including phenoxy) is 2. The lowest BCUT2D eigenvalue weighted by atomic mass is 9.79. The first-order chi connectivity index (χ1) is 15.4. The van der Waals surface area contributed by atoms with Crippen molar-refractivity contribution in [3.05, 3.63) is 88.4 Å². The Kier molecular flexibility index (Phi) is 6.06. The first kappa shape index (κ1) is 21.7. The Morgan fingerprint density at radius 3 is 2.41 bits per heavy atom. The van der Waals surface area contributed by atoms with Crippen molar-refractivity contribution >= 4 is 29.1 Å². The number of anilines is 1. The van der Waals surface area contributed by atoms with Gasteiger partial charge in [-0.3, -0.25) is 9.59 Å². The van der Waals surface area contributed by atoms with Gasteiger partial charge in [0.05, 0.1) is 31.9 Å². The van der Waals surface area contributed by atoms with E-state index in [-0.39, 0.29) is 11.8 Å². The van der Waals surface area contributed by atoms with E-state index < -0.39 is 12.0 Å². The smallest absolute Gasteiger partial charge is 0.254 e. The van der Waals surface area contributed by atoms with E-state index in [0.29, 0.717) is 33.3 Å². The van der Waals surface area contributed by atoms with E-state index in [4.69, 9.17) is 21.1 Å². The standard InChI is InChI=1S/C25H23ClN2O4/c1-28-23(15-8-11-17(31-2)12-9-15)22(18-6-4-5-7-19(18)25(28)30)24(29)27-20-14-16(26)10-13-21(20)32-3/h4-14,22-23H,1-3H3,(H,27,29). The number of nitrogens with zero attached hydrogens (tertiary/aromatic N) is 1. The summed E-state index contributed by atoms with van der Waals surface area (Å²) in [5, 5.41) is 3.44. The van der Waals surface area contributed by atoms with Crippen LogP contribution in [0.2, 0.25) is 5.02 Å². The van der Waals surface area contributed by atoms with Crippen LogP contribution in [-0.4, -0.2) is 38.0 Å². The summed E-state index contributed by atoms with van der Waals surface area (Å²) in [6, 6.07) is 19.1. The van der Waals surface area contributed by atoms with Crippen molar-refractivity contribution < 1.29 is 19.1 Å². The van der Waals surface area contributed by atoms with Gasteiger partial charge in [0.25, 0.3) is 5.91 Å². The number of carbonyl (C=O) groups is 2. The first-order valence-corrected chi connectivity index (χ1v) is 10.5. The fourth-order valence-electron chi connectivity index (χ4n) is 4.16. The Balaban J connectivity index is 1.80. The van der Waals surface area contributed by atoms with Crippen LogP contribution in [0.4, 0.5) is 5.69 Å². The van der Waals surface area contributed by atoms with Crippen molar-refractivity contribution in [3.63, 3.8) is 0 Å². The van der Waals surface area contributed by atoms with E-state index in [0.717, 1.165) is 5.56 Å². The average molecular weight is 451 g/mol. The van der Waals surface area contributed by atoms with Crippen LogP contribution in [0, 0.1) is 0 Å². The molecule has 0 saturated heterocycles. The summed E-state index contributed by atoms with van der Waals surface area (Å²) in [4.78, 5) is 28.4. The summed E-state index contributed by atoms with van der Waals surface area (Å²) in [6.07, 6.45) is 0. The van der Waals surface area contributed by atoms with E-state index in [1.807, 2.05) is 36.4 Å². The number of hydrogen-bond donors (Lipinski definition) is 1. The Bertz CT molecular complexity index is 1160. The number of carbonyl (C=O) groups excluding carboxylic acids is 2. The fourth-order valence-corrected chi connectivity index (χ4v) is 4.34. The molecule has 164 valence electrons. The van der Waals surface area contributed by atoms with Gasteiger partial charge in [-0.05, 0) is 47.5 Å². The van der Waals surface area contributed by atoms with Gasteiger partial charge in [0, 0.05) is 17.6 Å². The summed E-state index contributed by atoms with van der Waals surface area (Å²) < 4.78 is 10.6. The number of amides is 2. The highest BCUT2D eigenvalue weighted by atomic mass is 35.5. The fraction of sp³-hybridized carbons (Fsp3) is 0.200. The predicted octanol–water partition coefficient (Wildman–Crippen LogP) is 4.91. The van der Waals surface area contributed by atoms with E-state index in [2.05, 4.69) is 5.32 Å². The molecule has 7 heteroatoms. The Morgan fingerprint density at radius 1 is 1.00 bits per heavy atom. The highest BCUT2D eigenvalue weighted by Crippen LogP contribution is 2.43. The monoisotopic (exact) mass is 450 g/mol. The van der Waals surface area contributed by atoms with Crippen LogP contribution in [0.25, 0.3) is 0 Å². The topological polar surface area (TPSA) is 67.9 Å². The Hall–Kier alpha value is -3.51. The average Bonchev–Trinajstić information content (AvgIpc) is 2.81. The molecule has 0 spiro atoms. The van der Waals surface area contributed by atoms with Gasteiger partial charge >= 0.3 is 0 Å². The molecule has 1 N–H and O–H groups in total. The van der Waals surface area contributed by atoms with Crippen LogP contribution in [0.3, 0.4) is 0 Å². The van der Waals surface area contributed by atoms with Crippen LogP contribution in [0.15, 0.2) is 66.7 Å². The molecule has 0 radical (unpaired) electrons. The van der Waals surface area contributed by atoms with Crippen molar-refractivity contribution in [2.75, 3.05) is 26.6 Å². The molecule has 0 aromatic heterocycles. The second kappa shape index (κ2) is 8.93. The van der Waals surface area contributed by atoms with Gasteiger partial charge in [-0.2, -0.15) is 0 Å². The van der Waals surface area contributed by atoms with Gasteiger partial charge in [-0.15, -0.1) is 0 Å². The summed E-state index contributed by atoms with van der Waals surface area (Å²) in [6.45, 7) is 0. The summed E-state index contributed by atoms with van der Waals surface area (Å²) in [5.41, 5.74) is 2.48. The molecular formula is C25H23ClN2O4. The van der Waals surface area contributed by atoms with Gasteiger partial charge in [0.15, 0.2) is 0 Å². The predicted molar refractivity (Wildman–Crippen MR) is 124 cm³/mol. The molecule has 3 aromatic carbocycles. The number of benzene rings is 3. The Morgan fingerprint density at radius 2 is 1.72 bits per heavy atom. The molecule has 0 aliphatic carbocycles. The zero-order valence-electron chi connectivity index (χ0n) is 18.0. The molecule has 0 saturated carbocycles. The quantitative estimate of drug-likeness (QED) is 0.600. The molecule has 32 heavy (non-hydrogen) atoms. The third-order valence-corrected chi connectivity index (χ3v) is 5.97. The van der Waals surface area contributed by atoms with Gasteiger partial charge < -0.3 is 19.7 Å². The van der Waals surface area contributed by atoms with E-state index in [1.165, 1.54) is 7.11 Å². The summed E-state index contributed by atoms with van der Waals surface area (Å²) in [5.74, 6) is 0.149. The summed E-state index contributed by atoms with van der Waals surface area (Å²) >= 11 is 6.15. The van der Waals surface area contributed by atoms with Crippen molar-refractivity contribution in [2.45, 2.75) is 12.0 Å². The number of nitrogens with one attached hydrogen (secondary N) is 1. The highest BCUT2D eigenvalue weighted by Gasteiger charge is 2.42. The number of hydrogen-bond acceptors (Lipinski definition) is 4. The van der Waals surface area contributed by atoms with Gasteiger partial charge in [-0.1, -0.05) is 41.9 Å². The van der Waals surface area contributed by atoms with Crippen LogP contribution in [0.1, 0.15) is 33.4 Å². The molecule has 0 fully saturated rings. The highest BCUT2D eigenvalue weighted by molar-refractivity contribution is 6.31. The van der Waals surface area contributed by atoms with Crippen molar-refractivity contribution in [3.8, 4) is 11.5 Å². The molecular weight excluding hydrogens is 428 g/mol. The molecule has 2 amide bonds. The minimum Gasteiger partial charge on any atom is -0.497 e. The zero-order valence-corrected chi connectivity index (χ0v) is 18.7. The minimum atomic E-state index is -0.647. The van der Waals surface area contributed by atoms with Gasteiger partial charge in [0.2, 0.25) is 5.91 Å². The summed E-state index contributed by atoms with van der Waals surface area (Å²) in [7, 11) is 4.84. The van der Waals surface area contributed by atoms with Gasteiger partial charge in [-0.25, -0.2) is 0 Å².